The number of benzene rings is 2. The Hall–Kier alpha value is -7.47. The molecule has 5 heterocycles. The number of aromatic amines is 1. The molecule has 0 bridgehead atoms. The predicted molar refractivity (Wildman–Crippen MR) is 381 cm³/mol. The Kier molecular flexibility index (Phi) is 28.0. The maximum absolute atomic E-state index is 15.6. The second-order valence-electron chi connectivity index (χ2n) is 27.7. The molecule has 2 fully saturated rings. The molecule has 21 N–H and O–H groups in total. The number of fused-ring (bicyclic) bond motifs is 4. The van der Waals surface area contributed by atoms with Crippen LogP contribution in [-0.4, -0.2) is 299 Å². The average Bonchev–Trinajstić information content (AvgIpc) is 1.47. The van der Waals surface area contributed by atoms with Gasteiger partial charge >= 0.3 is 24.0 Å². The van der Waals surface area contributed by atoms with E-state index in [4.69, 9.17) is 14.2 Å². The summed E-state index contributed by atoms with van der Waals surface area (Å²) in [6.45, 7) is 6.13. The summed E-state index contributed by atoms with van der Waals surface area (Å²) in [5.74, 6) is -11.8. The van der Waals surface area contributed by atoms with E-state index in [1.54, 1.807) is 18.0 Å². The number of anilines is 1. The largest absolute Gasteiger partial charge is 0.496 e. The van der Waals surface area contributed by atoms with Crippen molar-refractivity contribution in [3.63, 3.8) is 0 Å². The fourth-order valence-corrected chi connectivity index (χ4v) is 18.4. The number of carbonyl (C=O) groups excluding carboxylic acids is 7. The average molecular weight is 1530 g/mol. The number of aromatic nitrogens is 1. The lowest BCUT2D eigenvalue weighted by Gasteiger charge is -2.63. The monoisotopic (exact) mass is 1530 g/mol. The van der Waals surface area contributed by atoms with Gasteiger partial charge in [-0.2, -0.15) is 0 Å². The van der Waals surface area contributed by atoms with Gasteiger partial charge in [0.25, 0.3) is 5.91 Å². The lowest BCUT2D eigenvalue weighted by Crippen LogP contribution is -2.82. The number of nitrogens with one attached hydrogen (secondary N) is 8. The van der Waals surface area contributed by atoms with Crippen molar-refractivity contribution in [1.29, 1.82) is 0 Å². The van der Waals surface area contributed by atoms with Crippen molar-refractivity contribution in [1.82, 2.24) is 47.3 Å². The highest BCUT2D eigenvalue weighted by molar-refractivity contribution is 8.76. The van der Waals surface area contributed by atoms with Crippen LogP contribution in [0.3, 0.4) is 0 Å². The van der Waals surface area contributed by atoms with Crippen molar-refractivity contribution < 1.29 is 124 Å². The normalized spacial score (nSPS) is 26.1. The van der Waals surface area contributed by atoms with Crippen LogP contribution in [0, 0.1) is 11.3 Å². The van der Waals surface area contributed by atoms with Crippen LogP contribution in [0.4, 0.5) is 10.5 Å². The second kappa shape index (κ2) is 35.3. The Labute approximate surface area is 618 Å². The van der Waals surface area contributed by atoms with E-state index >= 15 is 9.59 Å². The summed E-state index contributed by atoms with van der Waals surface area (Å²) in [6.07, 6.45) is -12.7. The number of methoxy groups -OCH3 is 2. The SMILES string of the molecule is CCC(=O)N[C@H](C(=O)N[C@@H](CC(=O)O)C(=O)N[C@H](C(=O)N[C@@H](CSSCCOC(=O)NNC(=O)[C@@]1(O)[C@H](O)[C@]2(CC)C=CCN3CC[C@@]4(c5cc([C@@]6(C(=O)OC)C[C@@H](CC(O)(CC)CC)CNCCc7c6[nH]c6ccccc76)c(OC)cc5N(C)[C@@H]14)[C@@H]32)C(=O)O)[C@@H](O)[C@H](O)[C@H](O)CO)[C@@H](O)[C@H](O)[C@H](O)CO. The van der Waals surface area contributed by atoms with Crippen molar-refractivity contribution in [2.24, 2.45) is 11.3 Å². The summed E-state index contributed by atoms with van der Waals surface area (Å²) < 4.78 is 17.7. The number of likely N-dealkylation sites (N-methyl/N-ethyl adjacent to an activating group) is 1. The molecule has 588 valence electrons. The number of hydrogen-bond acceptors (Lipinski definition) is 28. The quantitative estimate of drug-likeness (QED) is 0.00894. The first-order valence-corrected chi connectivity index (χ1v) is 37.6. The molecule has 37 heteroatoms. The van der Waals surface area contributed by atoms with Crippen LogP contribution in [0.25, 0.3) is 10.9 Å². The van der Waals surface area contributed by atoms with E-state index in [-0.39, 0.29) is 36.7 Å². The number of aliphatic hydroxyl groups excluding tert-OH is 9. The summed E-state index contributed by atoms with van der Waals surface area (Å²) in [6, 6.07) is 0.672. The van der Waals surface area contributed by atoms with E-state index in [0.29, 0.717) is 80.8 Å². The smallest absolute Gasteiger partial charge is 0.426 e. The maximum Gasteiger partial charge on any atom is 0.426 e. The highest BCUT2D eigenvalue weighted by Gasteiger charge is 2.79. The third-order valence-corrected chi connectivity index (χ3v) is 24.2. The third-order valence-electron chi connectivity index (χ3n) is 21.8. The lowest BCUT2D eigenvalue weighted by molar-refractivity contribution is -0.204. The molecule has 3 aromatic rings. The minimum atomic E-state index is -2.75. The zero-order valence-electron chi connectivity index (χ0n) is 59.9. The number of amides is 6. The van der Waals surface area contributed by atoms with Gasteiger partial charge < -0.3 is 117 Å². The zero-order chi connectivity index (χ0) is 78.1. The second-order valence-corrected chi connectivity index (χ2v) is 30.3. The molecule has 18 atom stereocenters. The van der Waals surface area contributed by atoms with Gasteiger partial charge in [-0.05, 0) is 93.8 Å². The van der Waals surface area contributed by atoms with Crippen molar-refractivity contribution in [3.05, 3.63) is 70.9 Å². The van der Waals surface area contributed by atoms with Gasteiger partial charge in [0.05, 0.1) is 45.5 Å². The van der Waals surface area contributed by atoms with Gasteiger partial charge in [0.15, 0.2) is 5.60 Å². The Bertz CT molecular complexity index is 3720. The molecule has 0 unspecified atom stereocenters. The zero-order valence-corrected chi connectivity index (χ0v) is 61.5. The van der Waals surface area contributed by atoms with Gasteiger partial charge in [-0.3, -0.25) is 43.9 Å². The molecule has 2 aromatic carbocycles. The molecule has 5 aliphatic rings. The number of hydrogen-bond donors (Lipinski definition) is 21. The highest BCUT2D eigenvalue weighted by Crippen LogP contribution is 2.68. The van der Waals surface area contributed by atoms with Crippen molar-refractivity contribution in [2.75, 3.05) is 83.7 Å². The minimum absolute atomic E-state index is 0.103. The summed E-state index contributed by atoms with van der Waals surface area (Å²) >= 11 is 0. The molecule has 0 radical (unpaired) electrons. The van der Waals surface area contributed by atoms with E-state index in [0.717, 1.165) is 38.1 Å². The van der Waals surface area contributed by atoms with Crippen LogP contribution >= 0.6 is 21.6 Å². The number of esters is 1. The van der Waals surface area contributed by atoms with E-state index in [9.17, 15) is 99.9 Å². The van der Waals surface area contributed by atoms with Crippen LogP contribution in [0.2, 0.25) is 0 Å². The fourth-order valence-electron chi connectivity index (χ4n) is 16.4. The van der Waals surface area contributed by atoms with Gasteiger partial charge in [-0.1, -0.05) is 79.6 Å². The van der Waals surface area contributed by atoms with E-state index in [2.05, 4.69) is 26.1 Å². The standard InChI is InChI=1S/C69H100N10O25S2/c1-8-46(84)74-48(52(89)50(87)43(82)31-80)56(92)72-40(26-47(85)86)55(91)75-49(53(90)51(88)44(83)32-81)57(93)73-41(58(94)95)33-106-105-24-23-104-64(99)77-76-62(97)69(101)60-67(19-22-79-21-14-18-66(11-4,59(67)79)61(69)96)37-25-38(45(102-6)27-42(37)78(60)5)68(63(98)103-7)29-34(28-65(100,9-2)10-3)30-70-20-17-36-35-15-12-13-16-39(35)71-54(36)68/h12-16,18,25,27,34,40-41,43-44,48-53,59-61,70-71,80-83,87-90,96,100-101H,8-11,17,19-24,26,28-33H2,1-7H3,(H,72,92)(H,73,93)(H,74,84)(H,75,91)(H,76,97)(H,77,99)(H,85,86)(H,94,95)/t34-,40+,41+,43-,44-,48+,49+,50-,51-,52-,53-,59+,60-,61-,66-,67-,68+,69+/m1/s1. The Morgan fingerprint density at radius 1 is 0.792 bits per heavy atom. The molecule has 35 nitrogen and oxygen atoms in total. The number of para-hydroxylation sites is 1. The topological polar surface area (TPSA) is 551 Å². The number of ether oxygens (including phenoxy) is 3. The van der Waals surface area contributed by atoms with Crippen LogP contribution in [0.1, 0.15) is 101 Å². The van der Waals surface area contributed by atoms with E-state index < -0.39 is 192 Å². The molecule has 1 aromatic heterocycles. The van der Waals surface area contributed by atoms with Gasteiger partial charge in [-0.25, -0.2) is 15.0 Å². The number of carboxylic acid groups (broad SMARTS) is 2. The van der Waals surface area contributed by atoms with Gasteiger partial charge in [0.2, 0.25) is 23.6 Å². The first-order valence-electron chi connectivity index (χ1n) is 35.1. The van der Waals surface area contributed by atoms with Crippen molar-refractivity contribution in [3.8, 4) is 5.75 Å². The van der Waals surface area contributed by atoms with E-state index in [1.807, 2.05) is 84.5 Å². The number of aliphatic hydroxyl groups is 11. The van der Waals surface area contributed by atoms with Crippen LogP contribution in [-0.2, 0) is 65.1 Å². The molecule has 106 heavy (non-hydrogen) atoms. The van der Waals surface area contributed by atoms with Crippen LogP contribution < -0.4 is 47.1 Å². The number of H-pyrrole nitrogens is 1. The molecular formula is C69H100N10O25S2. The van der Waals surface area contributed by atoms with Crippen molar-refractivity contribution in [2.45, 2.75) is 186 Å². The van der Waals surface area contributed by atoms with Crippen LogP contribution in [0.5, 0.6) is 5.75 Å². The Morgan fingerprint density at radius 2 is 1.43 bits per heavy atom. The van der Waals surface area contributed by atoms with E-state index in [1.165, 1.54) is 21.1 Å². The molecule has 1 saturated heterocycles. The van der Waals surface area contributed by atoms with Gasteiger partial charge in [0.1, 0.15) is 84.7 Å². The molecule has 1 saturated carbocycles. The summed E-state index contributed by atoms with van der Waals surface area (Å²) in [7, 11) is 6.19. The first kappa shape index (κ1) is 84.2. The lowest BCUT2D eigenvalue weighted by atomic mass is 9.47. The Balaban J connectivity index is 0.997. The molecule has 6 amide bonds. The van der Waals surface area contributed by atoms with Crippen LogP contribution in [0.15, 0.2) is 48.6 Å². The van der Waals surface area contributed by atoms with Gasteiger partial charge in [0, 0.05) is 82.3 Å². The molecule has 8 rings (SSSR count). The summed E-state index contributed by atoms with van der Waals surface area (Å²) in [4.78, 5) is 130. The highest BCUT2D eigenvalue weighted by atomic mass is 33.1. The first-order chi connectivity index (χ1) is 50.2. The number of rotatable bonds is 34. The Morgan fingerprint density at radius 3 is 2.03 bits per heavy atom. The number of carbonyl (C=O) groups is 9. The van der Waals surface area contributed by atoms with Crippen molar-refractivity contribution >= 4 is 91.7 Å². The molecule has 1 spiro atoms. The van der Waals surface area contributed by atoms with Gasteiger partial charge in [-0.15, -0.1) is 0 Å². The predicted octanol–water partition coefficient (Wildman–Crippen LogP) is -3.87. The molecule has 4 aliphatic heterocycles. The number of carboxylic acids is 2. The molecule has 1 aliphatic carbocycles. The summed E-state index contributed by atoms with van der Waals surface area (Å²) in [5.41, 5.74) is 0.356. The minimum Gasteiger partial charge on any atom is -0.496 e. The molecular weight excluding hydrogens is 1430 g/mol. The fraction of sp³-hybridized carbons (Fsp3) is 0.638. The summed E-state index contributed by atoms with van der Waals surface area (Å²) in [5, 5.41) is 153. The maximum atomic E-state index is 15.6. The number of nitrogens with zero attached hydrogens (tertiary/aromatic N) is 2. The number of hydrazine groups is 1. The number of aliphatic carboxylic acids is 2. The third kappa shape index (κ3) is 16.3.